The van der Waals surface area contributed by atoms with Gasteiger partial charge in [0.15, 0.2) is 0 Å². The monoisotopic (exact) mass is 278 g/mol. The molecule has 0 fully saturated rings. The van der Waals surface area contributed by atoms with Crippen LogP contribution in [-0.2, 0) is 0 Å². The maximum absolute atomic E-state index is 10.9. The molecule has 0 aliphatic heterocycles. The smallest absolute Gasteiger partial charge is 0.335 e. The molecule has 20 heavy (non-hydrogen) atoms. The van der Waals surface area contributed by atoms with Gasteiger partial charge in [0.2, 0.25) is 0 Å². The van der Waals surface area contributed by atoms with Crippen LogP contribution in [0.5, 0.6) is 0 Å². The van der Waals surface area contributed by atoms with E-state index in [1.165, 1.54) is 0 Å². The number of carbonyl (C=O) groups is 1. The summed E-state index contributed by atoms with van der Waals surface area (Å²) in [5, 5.41) is 34.0. The first-order valence-electron chi connectivity index (χ1n) is 5.11. The fraction of sp³-hybridized carbons (Fsp3) is 0. The van der Waals surface area contributed by atoms with Gasteiger partial charge >= 0.3 is 11.7 Å². The average molecular weight is 278 g/mol. The van der Waals surface area contributed by atoms with E-state index in [-0.39, 0.29) is 16.9 Å². The third-order valence-electron chi connectivity index (χ3n) is 2.45. The number of hydrogen-bond acceptors (Lipinski definition) is 6. The molecular formula is C10H6N4O6. The Morgan fingerprint density at radius 1 is 1.25 bits per heavy atom. The number of nitrogens with zero attached hydrogens (tertiary/aromatic N) is 4. The lowest BCUT2D eigenvalue weighted by molar-refractivity contribution is -0.385. The van der Waals surface area contributed by atoms with Crippen molar-refractivity contribution in [2.45, 2.75) is 0 Å². The Morgan fingerprint density at radius 3 is 2.45 bits per heavy atom. The molecule has 1 aromatic heterocycles. The van der Waals surface area contributed by atoms with E-state index in [9.17, 15) is 25.0 Å². The van der Waals surface area contributed by atoms with E-state index in [1.54, 1.807) is 0 Å². The second-order valence-corrected chi connectivity index (χ2v) is 3.67. The van der Waals surface area contributed by atoms with Crippen molar-refractivity contribution in [3.63, 3.8) is 0 Å². The quantitative estimate of drug-likeness (QED) is 0.657. The number of nitro groups is 2. The molecule has 0 aliphatic carbocycles. The summed E-state index contributed by atoms with van der Waals surface area (Å²) in [5.74, 6) is -1.28. The van der Waals surface area contributed by atoms with Crippen molar-refractivity contribution in [1.82, 2.24) is 9.78 Å². The van der Waals surface area contributed by atoms with Crippen molar-refractivity contribution in [3.8, 4) is 5.69 Å². The van der Waals surface area contributed by atoms with Gasteiger partial charge in [0.05, 0.1) is 15.4 Å². The minimum atomic E-state index is -1.28. The first-order valence-corrected chi connectivity index (χ1v) is 5.11. The Morgan fingerprint density at radius 2 is 1.95 bits per heavy atom. The molecule has 0 radical (unpaired) electrons. The summed E-state index contributed by atoms with van der Waals surface area (Å²) in [6.45, 7) is 0. The molecule has 2 rings (SSSR count). The van der Waals surface area contributed by atoms with E-state index >= 15 is 0 Å². The van der Waals surface area contributed by atoms with Crippen LogP contribution in [0.4, 0.5) is 11.4 Å². The summed E-state index contributed by atoms with van der Waals surface area (Å²) < 4.78 is 0.892. The molecule has 0 amide bonds. The number of aromatic nitrogens is 2. The molecular weight excluding hydrogens is 272 g/mol. The summed E-state index contributed by atoms with van der Waals surface area (Å²) in [4.78, 5) is 30.9. The second kappa shape index (κ2) is 4.76. The van der Waals surface area contributed by atoms with E-state index < -0.39 is 21.5 Å². The average Bonchev–Trinajstić information content (AvgIpc) is 2.87. The van der Waals surface area contributed by atoms with Crippen LogP contribution < -0.4 is 0 Å². The summed E-state index contributed by atoms with van der Waals surface area (Å²) in [6.07, 6.45) is 1.88. The Bertz CT molecular complexity index is 722. The van der Waals surface area contributed by atoms with E-state index in [2.05, 4.69) is 5.10 Å². The zero-order chi connectivity index (χ0) is 14.9. The van der Waals surface area contributed by atoms with E-state index in [0.717, 1.165) is 35.3 Å². The molecule has 0 saturated carbocycles. The zero-order valence-electron chi connectivity index (χ0n) is 9.66. The predicted octanol–water partition coefficient (Wildman–Crippen LogP) is 1.39. The maximum Gasteiger partial charge on any atom is 0.335 e. The highest BCUT2D eigenvalue weighted by molar-refractivity contribution is 5.89. The van der Waals surface area contributed by atoms with Crippen LogP contribution >= 0.6 is 0 Å². The Kier molecular flexibility index (Phi) is 3.13. The fourth-order valence-electron chi connectivity index (χ4n) is 1.53. The van der Waals surface area contributed by atoms with Gasteiger partial charge < -0.3 is 5.11 Å². The van der Waals surface area contributed by atoms with Gasteiger partial charge in [-0.15, -0.1) is 0 Å². The molecule has 10 heteroatoms. The van der Waals surface area contributed by atoms with Crippen molar-refractivity contribution in [1.29, 1.82) is 0 Å². The second-order valence-electron chi connectivity index (χ2n) is 3.67. The minimum absolute atomic E-state index is 0.164. The van der Waals surface area contributed by atoms with Crippen molar-refractivity contribution in [2.24, 2.45) is 0 Å². The van der Waals surface area contributed by atoms with Crippen LogP contribution in [-0.4, -0.2) is 30.7 Å². The number of carboxylic acid groups (broad SMARTS) is 1. The van der Waals surface area contributed by atoms with Crippen LogP contribution in [0.1, 0.15) is 10.4 Å². The Hall–Kier alpha value is -3.30. The van der Waals surface area contributed by atoms with Crippen molar-refractivity contribution < 1.29 is 19.7 Å². The van der Waals surface area contributed by atoms with Gasteiger partial charge in [-0.2, -0.15) is 5.10 Å². The fourth-order valence-corrected chi connectivity index (χ4v) is 1.53. The van der Waals surface area contributed by atoms with Gasteiger partial charge in [0.25, 0.3) is 5.69 Å². The van der Waals surface area contributed by atoms with Gasteiger partial charge in [-0.25, -0.2) is 9.48 Å². The minimum Gasteiger partial charge on any atom is -0.478 e. The molecule has 1 heterocycles. The van der Waals surface area contributed by atoms with E-state index in [1.807, 2.05) is 0 Å². The molecule has 1 aromatic carbocycles. The highest BCUT2D eigenvalue weighted by Crippen LogP contribution is 2.25. The molecule has 1 N–H and O–H groups in total. The van der Waals surface area contributed by atoms with Crippen molar-refractivity contribution in [2.75, 3.05) is 0 Å². The van der Waals surface area contributed by atoms with Gasteiger partial charge in [-0.3, -0.25) is 20.2 Å². The predicted molar refractivity (Wildman–Crippen MR) is 63.8 cm³/mol. The van der Waals surface area contributed by atoms with E-state index in [4.69, 9.17) is 5.11 Å². The van der Waals surface area contributed by atoms with Gasteiger partial charge in [0.1, 0.15) is 18.1 Å². The third-order valence-corrected chi connectivity index (χ3v) is 2.45. The van der Waals surface area contributed by atoms with Gasteiger partial charge in [-0.05, 0) is 12.1 Å². The summed E-state index contributed by atoms with van der Waals surface area (Å²) >= 11 is 0. The normalized spacial score (nSPS) is 10.2. The zero-order valence-corrected chi connectivity index (χ0v) is 9.66. The highest BCUT2D eigenvalue weighted by atomic mass is 16.6. The van der Waals surface area contributed by atoms with Crippen LogP contribution in [0.15, 0.2) is 30.6 Å². The van der Waals surface area contributed by atoms with Crippen LogP contribution in [0, 0.1) is 20.2 Å². The Balaban J connectivity index is 2.62. The molecule has 0 spiro atoms. The molecule has 10 nitrogen and oxygen atoms in total. The molecule has 0 saturated heterocycles. The SMILES string of the molecule is O=C(O)c1ccc([N+](=O)[O-])c(-n2cc([N+](=O)[O-])cn2)c1. The van der Waals surface area contributed by atoms with Crippen LogP contribution in [0.3, 0.4) is 0 Å². The summed E-state index contributed by atoms with van der Waals surface area (Å²) in [7, 11) is 0. The standard InChI is InChI=1S/C10H6N4O6/c15-10(16)6-1-2-8(14(19)20)9(3-6)12-5-7(4-11-12)13(17)18/h1-5H,(H,15,16). The number of benzene rings is 1. The number of hydrogen-bond donors (Lipinski definition) is 1. The highest BCUT2D eigenvalue weighted by Gasteiger charge is 2.20. The van der Waals surface area contributed by atoms with Crippen LogP contribution in [0.25, 0.3) is 5.69 Å². The topological polar surface area (TPSA) is 141 Å². The molecule has 0 aliphatic rings. The molecule has 0 bridgehead atoms. The van der Waals surface area contributed by atoms with Gasteiger partial charge in [-0.1, -0.05) is 0 Å². The van der Waals surface area contributed by atoms with Crippen molar-refractivity contribution >= 4 is 17.3 Å². The number of carboxylic acids is 1. The largest absolute Gasteiger partial charge is 0.478 e. The molecule has 2 aromatic rings. The maximum atomic E-state index is 10.9. The molecule has 0 unspecified atom stereocenters. The molecule has 102 valence electrons. The lowest BCUT2D eigenvalue weighted by Gasteiger charge is -2.03. The summed E-state index contributed by atoms with van der Waals surface area (Å²) in [5.41, 5.74) is -1.13. The van der Waals surface area contributed by atoms with Gasteiger partial charge in [0, 0.05) is 6.07 Å². The van der Waals surface area contributed by atoms with Crippen molar-refractivity contribution in [3.05, 3.63) is 56.4 Å². The van der Waals surface area contributed by atoms with E-state index in [0.29, 0.717) is 0 Å². The Labute approximate surface area is 110 Å². The third kappa shape index (κ3) is 2.29. The lowest BCUT2D eigenvalue weighted by Crippen LogP contribution is -2.04. The first kappa shape index (κ1) is 13.1. The summed E-state index contributed by atoms with van der Waals surface area (Å²) in [6, 6.07) is 3.10. The van der Waals surface area contributed by atoms with Crippen LogP contribution in [0.2, 0.25) is 0 Å². The number of rotatable bonds is 4. The number of nitro benzene ring substituents is 1. The lowest BCUT2D eigenvalue weighted by atomic mass is 10.2. The molecule has 0 atom stereocenters. The first-order chi connectivity index (χ1) is 9.40. The number of aromatic carboxylic acids is 1.